The maximum absolute atomic E-state index is 6.11. The molecule has 0 aliphatic rings. The summed E-state index contributed by atoms with van der Waals surface area (Å²) in [6, 6.07) is 18.0. The van der Waals surface area contributed by atoms with Crippen molar-refractivity contribution in [2.24, 2.45) is 0 Å². The molecule has 0 radical (unpaired) electrons. The lowest BCUT2D eigenvalue weighted by Gasteiger charge is -2.04. The van der Waals surface area contributed by atoms with Crippen molar-refractivity contribution >= 4 is 22.9 Å². The summed E-state index contributed by atoms with van der Waals surface area (Å²) in [4.78, 5) is 5.53. The second kappa shape index (κ2) is 5.65. The van der Waals surface area contributed by atoms with Crippen LogP contribution in [0.25, 0.3) is 21.7 Å². The van der Waals surface area contributed by atoms with Gasteiger partial charge < -0.3 is 4.74 Å². The Hall–Kier alpha value is -1.84. The molecule has 0 N–H and O–H groups in total. The number of halogens is 1. The first kappa shape index (κ1) is 13.2. The van der Waals surface area contributed by atoms with Crippen LogP contribution in [0.2, 0.25) is 4.47 Å². The molecule has 1 aromatic heterocycles. The first-order valence-corrected chi connectivity index (χ1v) is 7.33. The van der Waals surface area contributed by atoms with Crippen LogP contribution in [0.3, 0.4) is 0 Å². The third-order valence-electron chi connectivity index (χ3n) is 3.00. The fourth-order valence-electron chi connectivity index (χ4n) is 2.02. The van der Waals surface area contributed by atoms with Gasteiger partial charge in [0.2, 0.25) is 0 Å². The number of nitrogens with zero attached hydrogens (tertiary/aromatic N) is 1. The zero-order valence-electron chi connectivity index (χ0n) is 10.8. The SMILES string of the molecule is COc1ccc(-c2sc(Cl)nc2-c2ccccc2)cc1. The van der Waals surface area contributed by atoms with Gasteiger partial charge in [-0.2, -0.15) is 0 Å². The molecule has 3 aromatic rings. The van der Waals surface area contributed by atoms with Crippen LogP contribution in [0.4, 0.5) is 0 Å². The number of methoxy groups -OCH3 is 1. The highest BCUT2D eigenvalue weighted by molar-refractivity contribution is 7.19. The molecule has 0 aliphatic carbocycles. The van der Waals surface area contributed by atoms with E-state index >= 15 is 0 Å². The third kappa shape index (κ3) is 2.55. The Labute approximate surface area is 126 Å². The molecule has 2 aromatic carbocycles. The monoisotopic (exact) mass is 301 g/mol. The van der Waals surface area contributed by atoms with Crippen molar-refractivity contribution in [2.75, 3.05) is 7.11 Å². The van der Waals surface area contributed by atoms with Crippen molar-refractivity contribution in [3.8, 4) is 27.4 Å². The highest BCUT2D eigenvalue weighted by Crippen LogP contribution is 2.38. The van der Waals surface area contributed by atoms with Crippen LogP contribution in [0.15, 0.2) is 54.6 Å². The zero-order chi connectivity index (χ0) is 13.9. The number of thiazole rings is 1. The molecule has 0 atom stereocenters. The summed E-state index contributed by atoms with van der Waals surface area (Å²) < 4.78 is 5.74. The average molecular weight is 302 g/mol. The third-order valence-corrected chi connectivity index (χ3v) is 4.21. The molecule has 1 heterocycles. The summed E-state index contributed by atoms with van der Waals surface area (Å²) in [5.74, 6) is 0.839. The minimum atomic E-state index is 0.551. The molecule has 100 valence electrons. The molecular weight excluding hydrogens is 290 g/mol. The summed E-state index contributed by atoms with van der Waals surface area (Å²) in [7, 11) is 1.66. The van der Waals surface area contributed by atoms with Gasteiger partial charge in [-0.15, -0.1) is 11.3 Å². The van der Waals surface area contributed by atoms with Gasteiger partial charge in [0.1, 0.15) is 5.75 Å². The predicted octanol–water partition coefficient (Wildman–Crippen LogP) is 5.14. The number of ether oxygens (including phenoxy) is 1. The molecule has 0 fully saturated rings. The Morgan fingerprint density at radius 1 is 0.950 bits per heavy atom. The second-order valence-corrected chi connectivity index (χ2v) is 5.82. The fourth-order valence-corrected chi connectivity index (χ4v) is 3.16. The number of rotatable bonds is 3. The lowest BCUT2D eigenvalue weighted by atomic mass is 10.1. The Morgan fingerprint density at radius 2 is 1.65 bits per heavy atom. The normalized spacial score (nSPS) is 10.5. The van der Waals surface area contributed by atoms with E-state index in [1.807, 2.05) is 54.6 Å². The maximum atomic E-state index is 6.11. The topological polar surface area (TPSA) is 22.1 Å². The number of benzene rings is 2. The van der Waals surface area contributed by atoms with Crippen LogP contribution in [0, 0.1) is 0 Å². The molecule has 0 saturated carbocycles. The fraction of sp³-hybridized carbons (Fsp3) is 0.0625. The van der Waals surface area contributed by atoms with Gasteiger partial charge in [-0.3, -0.25) is 0 Å². The van der Waals surface area contributed by atoms with Crippen LogP contribution >= 0.6 is 22.9 Å². The Kier molecular flexibility index (Phi) is 3.72. The van der Waals surface area contributed by atoms with Crippen LogP contribution in [0.1, 0.15) is 0 Å². The van der Waals surface area contributed by atoms with E-state index in [2.05, 4.69) is 4.98 Å². The first-order chi connectivity index (χ1) is 9.78. The van der Waals surface area contributed by atoms with Gasteiger partial charge >= 0.3 is 0 Å². The Bertz CT molecular complexity index is 707. The van der Waals surface area contributed by atoms with E-state index in [1.54, 1.807) is 7.11 Å². The minimum Gasteiger partial charge on any atom is -0.497 e. The Balaban J connectivity index is 2.09. The van der Waals surface area contributed by atoms with Crippen molar-refractivity contribution in [3.63, 3.8) is 0 Å². The highest BCUT2D eigenvalue weighted by Gasteiger charge is 2.13. The molecule has 0 saturated heterocycles. The lowest BCUT2D eigenvalue weighted by Crippen LogP contribution is -1.84. The van der Waals surface area contributed by atoms with Crippen molar-refractivity contribution in [3.05, 3.63) is 59.1 Å². The molecule has 0 spiro atoms. The van der Waals surface area contributed by atoms with E-state index < -0.39 is 0 Å². The predicted molar refractivity (Wildman–Crippen MR) is 84.5 cm³/mol. The second-order valence-electron chi connectivity index (χ2n) is 4.24. The van der Waals surface area contributed by atoms with E-state index in [0.717, 1.165) is 27.4 Å². The molecule has 4 heteroatoms. The van der Waals surface area contributed by atoms with Crippen LogP contribution in [-0.4, -0.2) is 12.1 Å². The first-order valence-electron chi connectivity index (χ1n) is 6.14. The van der Waals surface area contributed by atoms with E-state index in [9.17, 15) is 0 Å². The van der Waals surface area contributed by atoms with Crippen molar-refractivity contribution in [2.45, 2.75) is 0 Å². The van der Waals surface area contributed by atoms with E-state index in [1.165, 1.54) is 11.3 Å². The van der Waals surface area contributed by atoms with Gasteiger partial charge in [0.15, 0.2) is 4.47 Å². The molecule has 3 rings (SSSR count). The number of hydrogen-bond acceptors (Lipinski definition) is 3. The zero-order valence-corrected chi connectivity index (χ0v) is 12.4. The molecule has 2 nitrogen and oxygen atoms in total. The van der Waals surface area contributed by atoms with Crippen molar-refractivity contribution < 1.29 is 4.74 Å². The standard InChI is InChI=1S/C16H12ClNOS/c1-19-13-9-7-12(8-10-13)15-14(18-16(17)20-15)11-5-3-2-4-6-11/h2-10H,1H3. The quantitative estimate of drug-likeness (QED) is 0.668. The van der Waals surface area contributed by atoms with Crippen molar-refractivity contribution in [1.82, 2.24) is 4.98 Å². The van der Waals surface area contributed by atoms with Gasteiger partial charge in [-0.1, -0.05) is 41.9 Å². The summed E-state index contributed by atoms with van der Waals surface area (Å²) in [6.45, 7) is 0. The van der Waals surface area contributed by atoms with Crippen LogP contribution < -0.4 is 4.74 Å². The largest absolute Gasteiger partial charge is 0.497 e. The lowest BCUT2D eigenvalue weighted by molar-refractivity contribution is 0.415. The van der Waals surface area contributed by atoms with Gasteiger partial charge in [0.25, 0.3) is 0 Å². The van der Waals surface area contributed by atoms with E-state index in [4.69, 9.17) is 16.3 Å². The summed E-state index contributed by atoms with van der Waals surface area (Å²) in [6.07, 6.45) is 0. The summed E-state index contributed by atoms with van der Waals surface area (Å²) in [5, 5.41) is 0. The maximum Gasteiger partial charge on any atom is 0.184 e. The smallest absolute Gasteiger partial charge is 0.184 e. The molecule has 0 amide bonds. The molecule has 0 unspecified atom stereocenters. The molecule has 0 aliphatic heterocycles. The molecule has 0 bridgehead atoms. The number of aromatic nitrogens is 1. The average Bonchev–Trinajstić information content (AvgIpc) is 2.90. The summed E-state index contributed by atoms with van der Waals surface area (Å²) >= 11 is 7.60. The van der Waals surface area contributed by atoms with E-state index in [0.29, 0.717) is 4.47 Å². The molecular formula is C16H12ClNOS. The van der Waals surface area contributed by atoms with Crippen molar-refractivity contribution in [1.29, 1.82) is 0 Å². The highest BCUT2D eigenvalue weighted by atomic mass is 35.5. The van der Waals surface area contributed by atoms with Crippen LogP contribution in [0.5, 0.6) is 5.75 Å². The van der Waals surface area contributed by atoms with E-state index in [-0.39, 0.29) is 0 Å². The van der Waals surface area contributed by atoms with Crippen LogP contribution in [-0.2, 0) is 0 Å². The summed E-state index contributed by atoms with van der Waals surface area (Å²) in [5.41, 5.74) is 3.08. The van der Waals surface area contributed by atoms with Gasteiger partial charge in [0.05, 0.1) is 17.7 Å². The van der Waals surface area contributed by atoms with Gasteiger partial charge in [-0.05, 0) is 29.8 Å². The van der Waals surface area contributed by atoms with Gasteiger partial charge in [0, 0.05) is 5.56 Å². The minimum absolute atomic E-state index is 0.551. The Morgan fingerprint density at radius 3 is 2.30 bits per heavy atom. The number of hydrogen-bond donors (Lipinski definition) is 0. The van der Waals surface area contributed by atoms with Gasteiger partial charge in [-0.25, -0.2) is 4.98 Å². The molecule has 20 heavy (non-hydrogen) atoms.